The molecule has 3 heterocycles. The predicted molar refractivity (Wildman–Crippen MR) is 122 cm³/mol. The molecule has 1 aromatic heterocycles. The quantitative estimate of drug-likeness (QED) is 0.492. The number of nitrogens with zero attached hydrogens (tertiary/aromatic N) is 3. The number of aliphatic carboxylic acids is 2. The number of aromatic nitrogens is 1. The molecule has 10 nitrogen and oxygen atoms in total. The van der Waals surface area contributed by atoms with Crippen molar-refractivity contribution in [3.63, 3.8) is 0 Å². The van der Waals surface area contributed by atoms with Crippen LogP contribution in [-0.4, -0.2) is 108 Å². The zero-order valence-corrected chi connectivity index (χ0v) is 21.3. The van der Waals surface area contributed by atoms with E-state index in [9.17, 15) is 31.1 Å². The lowest BCUT2D eigenvalue weighted by atomic mass is 9.73. The van der Waals surface area contributed by atoms with Gasteiger partial charge in [-0.3, -0.25) is 14.7 Å². The second-order valence-electron chi connectivity index (χ2n) is 9.07. The average Bonchev–Trinajstić information content (AvgIpc) is 2.84. The third-order valence-corrected chi connectivity index (χ3v) is 5.79. The van der Waals surface area contributed by atoms with Crippen molar-refractivity contribution in [1.82, 2.24) is 14.8 Å². The summed E-state index contributed by atoms with van der Waals surface area (Å²) in [5, 5.41) is 14.2. The summed E-state index contributed by atoms with van der Waals surface area (Å²) in [6.07, 6.45) is -3.02. The lowest BCUT2D eigenvalue weighted by Gasteiger charge is -2.50. The van der Waals surface area contributed by atoms with E-state index in [-0.39, 0.29) is 24.0 Å². The van der Waals surface area contributed by atoms with Crippen molar-refractivity contribution in [1.29, 1.82) is 0 Å². The van der Waals surface area contributed by atoms with E-state index in [0.29, 0.717) is 6.61 Å². The second-order valence-corrected chi connectivity index (χ2v) is 9.07. The van der Waals surface area contributed by atoms with Gasteiger partial charge in [0.25, 0.3) is 0 Å². The van der Waals surface area contributed by atoms with Crippen molar-refractivity contribution in [2.75, 3.05) is 47.0 Å². The van der Waals surface area contributed by atoms with Crippen LogP contribution in [0.1, 0.15) is 24.8 Å². The number of alkyl halides is 6. The van der Waals surface area contributed by atoms with Crippen LogP contribution in [0.5, 0.6) is 0 Å². The zero-order valence-electron chi connectivity index (χ0n) is 21.3. The van der Waals surface area contributed by atoms with Gasteiger partial charge in [0.2, 0.25) is 5.91 Å². The summed E-state index contributed by atoms with van der Waals surface area (Å²) in [6.45, 7) is 4.44. The molecule has 0 aromatic carbocycles. The van der Waals surface area contributed by atoms with Crippen LogP contribution in [0.4, 0.5) is 26.3 Å². The summed E-state index contributed by atoms with van der Waals surface area (Å²) >= 11 is 0. The Labute approximate surface area is 220 Å². The van der Waals surface area contributed by atoms with Crippen LogP contribution in [0.15, 0.2) is 24.5 Å². The molecule has 0 bridgehead atoms. The SMILES string of the molecule is CN(C)C(=O)COCC12CCCOC1CCN(Cc1cccnc1)C2.O=C(O)C(F)(F)F.O=C(O)C(F)(F)F. The molecule has 39 heavy (non-hydrogen) atoms. The molecule has 0 radical (unpaired) electrons. The van der Waals surface area contributed by atoms with E-state index in [4.69, 9.17) is 29.3 Å². The minimum Gasteiger partial charge on any atom is -0.475 e. The van der Waals surface area contributed by atoms with E-state index >= 15 is 0 Å². The molecule has 2 unspecified atom stereocenters. The van der Waals surface area contributed by atoms with Gasteiger partial charge in [0, 0.05) is 58.1 Å². The second kappa shape index (κ2) is 15.0. The van der Waals surface area contributed by atoms with Gasteiger partial charge in [-0.1, -0.05) is 6.07 Å². The Morgan fingerprint density at radius 3 is 2.23 bits per heavy atom. The highest BCUT2D eigenvalue weighted by Crippen LogP contribution is 2.40. The topological polar surface area (TPSA) is 130 Å². The maximum atomic E-state index is 11.8. The molecular formula is C23H31F6N3O7. The van der Waals surface area contributed by atoms with Crippen molar-refractivity contribution >= 4 is 17.8 Å². The van der Waals surface area contributed by atoms with Gasteiger partial charge < -0.3 is 24.6 Å². The lowest BCUT2D eigenvalue weighted by molar-refractivity contribution is -0.193. The van der Waals surface area contributed by atoms with E-state index in [1.54, 1.807) is 19.0 Å². The van der Waals surface area contributed by atoms with Crippen LogP contribution in [0, 0.1) is 5.41 Å². The summed E-state index contributed by atoms with van der Waals surface area (Å²) in [7, 11) is 3.51. The summed E-state index contributed by atoms with van der Waals surface area (Å²) in [5.41, 5.74) is 1.22. The Morgan fingerprint density at radius 1 is 1.15 bits per heavy atom. The van der Waals surface area contributed by atoms with Gasteiger partial charge in [-0.25, -0.2) is 9.59 Å². The van der Waals surface area contributed by atoms with E-state index in [1.165, 1.54) is 5.56 Å². The number of hydrogen-bond donors (Lipinski definition) is 2. The van der Waals surface area contributed by atoms with Crippen molar-refractivity contribution in [3.05, 3.63) is 30.1 Å². The minimum atomic E-state index is -5.08. The predicted octanol–water partition coefficient (Wildman–Crippen LogP) is 2.82. The van der Waals surface area contributed by atoms with Gasteiger partial charge in [-0.05, 0) is 30.9 Å². The normalized spacial score (nSPS) is 21.3. The van der Waals surface area contributed by atoms with Gasteiger partial charge in [-0.15, -0.1) is 0 Å². The van der Waals surface area contributed by atoms with Crippen LogP contribution in [0.2, 0.25) is 0 Å². The number of likely N-dealkylation sites (tertiary alicyclic amines) is 1. The molecule has 2 atom stereocenters. The summed E-state index contributed by atoms with van der Waals surface area (Å²) in [5.74, 6) is -5.51. The Balaban J connectivity index is 0.000000449. The van der Waals surface area contributed by atoms with E-state index < -0.39 is 24.3 Å². The number of carbonyl (C=O) groups is 3. The van der Waals surface area contributed by atoms with Crippen LogP contribution in [-0.2, 0) is 30.4 Å². The Morgan fingerprint density at radius 2 is 1.74 bits per heavy atom. The Hall–Kier alpha value is -2.98. The first-order valence-corrected chi connectivity index (χ1v) is 11.6. The van der Waals surface area contributed by atoms with Gasteiger partial charge >= 0.3 is 24.3 Å². The highest BCUT2D eigenvalue weighted by atomic mass is 19.4. The fourth-order valence-electron chi connectivity index (χ4n) is 3.95. The van der Waals surface area contributed by atoms with Gasteiger partial charge in [0.05, 0.1) is 12.7 Å². The van der Waals surface area contributed by atoms with Crippen molar-refractivity contribution < 1.29 is 60.4 Å². The molecule has 0 spiro atoms. The number of hydrogen-bond acceptors (Lipinski definition) is 7. The Kier molecular flexibility index (Phi) is 13.1. The van der Waals surface area contributed by atoms with Crippen molar-refractivity contribution in [2.45, 2.75) is 44.3 Å². The number of rotatable bonds is 6. The molecule has 2 fully saturated rings. The number of fused-ring (bicyclic) bond motifs is 1. The highest BCUT2D eigenvalue weighted by molar-refractivity contribution is 5.76. The number of pyridine rings is 1. The number of carboxylic acid groups (broad SMARTS) is 2. The van der Waals surface area contributed by atoms with Crippen LogP contribution < -0.4 is 0 Å². The molecular weight excluding hydrogens is 544 g/mol. The molecule has 0 saturated carbocycles. The van der Waals surface area contributed by atoms with Gasteiger partial charge in [0.15, 0.2) is 0 Å². The molecule has 3 rings (SSSR count). The zero-order chi connectivity index (χ0) is 29.9. The molecule has 222 valence electrons. The number of carboxylic acids is 2. The molecule has 16 heteroatoms. The number of piperidine rings is 1. The molecule has 1 aromatic rings. The van der Waals surface area contributed by atoms with Crippen LogP contribution in [0.25, 0.3) is 0 Å². The number of amides is 1. The van der Waals surface area contributed by atoms with E-state index in [2.05, 4.69) is 16.0 Å². The largest absolute Gasteiger partial charge is 0.490 e. The summed E-state index contributed by atoms with van der Waals surface area (Å²) in [6, 6.07) is 4.10. The Bertz CT molecular complexity index is 907. The van der Waals surface area contributed by atoms with Crippen molar-refractivity contribution in [2.24, 2.45) is 5.41 Å². The lowest BCUT2D eigenvalue weighted by Crippen LogP contribution is -2.56. The van der Waals surface area contributed by atoms with Crippen molar-refractivity contribution in [3.8, 4) is 0 Å². The minimum absolute atomic E-state index is 0.00713. The maximum Gasteiger partial charge on any atom is 0.490 e. The standard InChI is InChI=1S/C19H29N3O3.2C2HF3O2/c1-21(2)18(23)13-24-15-19-7-4-10-25-17(19)6-9-22(14-19)12-16-5-3-8-20-11-16;2*3-2(4,5)1(6)7/h3,5,8,11,17H,4,6-7,9-10,12-15H2,1-2H3;2*(H,6,7). The van der Waals surface area contributed by atoms with Crippen LogP contribution >= 0.6 is 0 Å². The third-order valence-electron chi connectivity index (χ3n) is 5.79. The first-order chi connectivity index (χ1) is 18.0. The van der Waals surface area contributed by atoms with Gasteiger partial charge in [-0.2, -0.15) is 26.3 Å². The van der Waals surface area contributed by atoms with Gasteiger partial charge in [0.1, 0.15) is 6.61 Å². The molecule has 2 saturated heterocycles. The summed E-state index contributed by atoms with van der Waals surface area (Å²) < 4.78 is 75.4. The fraction of sp³-hybridized carbons (Fsp3) is 0.652. The first kappa shape index (κ1) is 34.0. The molecule has 2 aliphatic rings. The average molecular weight is 576 g/mol. The monoisotopic (exact) mass is 575 g/mol. The number of likely N-dealkylation sites (N-methyl/N-ethyl adjacent to an activating group) is 1. The first-order valence-electron chi connectivity index (χ1n) is 11.6. The highest BCUT2D eigenvalue weighted by Gasteiger charge is 2.46. The fourth-order valence-corrected chi connectivity index (χ4v) is 3.95. The number of ether oxygens (including phenoxy) is 2. The maximum absolute atomic E-state index is 11.8. The van der Waals surface area contributed by atoms with E-state index in [1.807, 2.05) is 18.5 Å². The molecule has 2 aliphatic heterocycles. The summed E-state index contributed by atoms with van der Waals surface area (Å²) in [4.78, 5) is 37.9. The van der Waals surface area contributed by atoms with Crippen LogP contribution in [0.3, 0.4) is 0 Å². The molecule has 2 N–H and O–H groups in total. The number of carbonyl (C=O) groups excluding carboxylic acids is 1. The third kappa shape index (κ3) is 12.2. The molecule has 0 aliphatic carbocycles. The molecule has 1 amide bonds. The number of halogens is 6. The van der Waals surface area contributed by atoms with E-state index in [0.717, 1.165) is 45.5 Å². The smallest absolute Gasteiger partial charge is 0.475 e.